The number of nitrogens with zero attached hydrogens (tertiary/aromatic N) is 1. The van der Waals surface area contributed by atoms with Gasteiger partial charge in [0.25, 0.3) is 5.56 Å². The first kappa shape index (κ1) is 14.3. The number of hydrogen-bond acceptors (Lipinski definition) is 4. The van der Waals surface area contributed by atoms with Crippen LogP contribution in [0.4, 0.5) is 0 Å². The fourth-order valence-corrected chi connectivity index (χ4v) is 1.85. The molecule has 2 aromatic rings. The van der Waals surface area contributed by atoms with Gasteiger partial charge in [-0.3, -0.25) is 4.79 Å². The molecular formula is C14H12BrNO4. The molecule has 104 valence electrons. The number of halogens is 1. The second kappa shape index (κ2) is 5.92. The second-order valence-electron chi connectivity index (χ2n) is 4.22. The van der Waals surface area contributed by atoms with Crippen molar-refractivity contribution in [1.82, 2.24) is 4.57 Å². The highest BCUT2D eigenvalue weighted by Crippen LogP contribution is 2.16. The van der Waals surface area contributed by atoms with E-state index >= 15 is 0 Å². The van der Waals surface area contributed by atoms with Gasteiger partial charge in [-0.15, -0.1) is 0 Å². The quantitative estimate of drug-likeness (QED) is 0.872. The molecule has 0 radical (unpaired) electrons. The molecule has 0 unspecified atom stereocenters. The Hall–Kier alpha value is -2.08. The summed E-state index contributed by atoms with van der Waals surface area (Å²) in [5.41, 5.74) is 0.391. The van der Waals surface area contributed by atoms with Crippen LogP contribution in [0, 0.1) is 0 Å². The molecule has 1 heterocycles. The zero-order valence-corrected chi connectivity index (χ0v) is 12.3. The molecule has 1 aromatic heterocycles. The van der Waals surface area contributed by atoms with Crippen molar-refractivity contribution in [3.63, 3.8) is 0 Å². The van der Waals surface area contributed by atoms with Crippen molar-refractivity contribution in [3.05, 3.63) is 62.5 Å². The molecule has 0 aliphatic carbocycles. The molecule has 0 amide bonds. The van der Waals surface area contributed by atoms with Crippen LogP contribution < -0.4 is 5.56 Å². The molecule has 5 nitrogen and oxygen atoms in total. The summed E-state index contributed by atoms with van der Waals surface area (Å²) in [5, 5.41) is 9.60. The van der Waals surface area contributed by atoms with Crippen LogP contribution in [0.15, 0.2) is 45.8 Å². The SMILES string of the molecule is Cn1cc(C(=O)OCc2ccc(Br)cc2)c(O)cc1=O. The lowest BCUT2D eigenvalue weighted by molar-refractivity contribution is 0.0468. The molecule has 0 aliphatic heterocycles. The van der Waals surface area contributed by atoms with E-state index in [0.29, 0.717) is 0 Å². The molecule has 6 heteroatoms. The summed E-state index contributed by atoms with van der Waals surface area (Å²) in [6, 6.07) is 8.30. The topological polar surface area (TPSA) is 68.5 Å². The highest BCUT2D eigenvalue weighted by Gasteiger charge is 2.14. The van der Waals surface area contributed by atoms with Crippen molar-refractivity contribution >= 4 is 21.9 Å². The molecular weight excluding hydrogens is 326 g/mol. The van der Waals surface area contributed by atoms with Crippen LogP contribution in [0.5, 0.6) is 5.75 Å². The number of aromatic hydroxyl groups is 1. The van der Waals surface area contributed by atoms with Gasteiger partial charge in [0, 0.05) is 23.8 Å². The van der Waals surface area contributed by atoms with E-state index in [1.807, 2.05) is 24.3 Å². The second-order valence-corrected chi connectivity index (χ2v) is 5.14. The van der Waals surface area contributed by atoms with Gasteiger partial charge in [-0.2, -0.15) is 0 Å². The third-order valence-corrected chi connectivity index (χ3v) is 3.24. The zero-order valence-electron chi connectivity index (χ0n) is 10.7. The van der Waals surface area contributed by atoms with Crippen LogP contribution in [0.1, 0.15) is 15.9 Å². The van der Waals surface area contributed by atoms with Crippen LogP contribution in [0.2, 0.25) is 0 Å². The van der Waals surface area contributed by atoms with E-state index in [9.17, 15) is 14.7 Å². The third-order valence-electron chi connectivity index (χ3n) is 2.71. The van der Waals surface area contributed by atoms with Crippen molar-refractivity contribution < 1.29 is 14.6 Å². The van der Waals surface area contributed by atoms with Crippen molar-refractivity contribution in [2.75, 3.05) is 0 Å². The zero-order chi connectivity index (χ0) is 14.7. The average molecular weight is 338 g/mol. The fraction of sp³-hybridized carbons (Fsp3) is 0.143. The Morgan fingerprint density at radius 2 is 2.00 bits per heavy atom. The summed E-state index contributed by atoms with van der Waals surface area (Å²) in [6.07, 6.45) is 1.25. The predicted molar refractivity (Wildman–Crippen MR) is 76.6 cm³/mol. The van der Waals surface area contributed by atoms with Crippen molar-refractivity contribution in [3.8, 4) is 5.75 Å². The van der Waals surface area contributed by atoms with E-state index in [2.05, 4.69) is 15.9 Å². The van der Waals surface area contributed by atoms with Gasteiger partial charge in [0.1, 0.15) is 17.9 Å². The summed E-state index contributed by atoms with van der Waals surface area (Å²) in [4.78, 5) is 23.1. The summed E-state index contributed by atoms with van der Waals surface area (Å²) < 4.78 is 7.24. The molecule has 0 aliphatic rings. The lowest BCUT2D eigenvalue weighted by Crippen LogP contribution is -2.17. The minimum atomic E-state index is -0.680. The van der Waals surface area contributed by atoms with E-state index in [1.54, 1.807) is 0 Å². The number of carbonyl (C=O) groups is 1. The van der Waals surface area contributed by atoms with Crippen LogP contribution in [0.3, 0.4) is 0 Å². The lowest BCUT2D eigenvalue weighted by Gasteiger charge is -2.07. The van der Waals surface area contributed by atoms with Crippen molar-refractivity contribution in [2.24, 2.45) is 7.05 Å². The number of pyridine rings is 1. The van der Waals surface area contributed by atoms with E-state index in [-0.39, 0.29) is 17.9 Å². The van der Waals surface area contributed by atoms with E-state index in [1.165, 1.54) is 17.8 Å². The smallest absolute Gasteiger partial charge is 0.343 e. The molecule has 1 N–H and O–H groups in total. The normalized spacial score (nSPS) is 10.3. The molecule has 1 aromatic carbocycles. The maximum Gasteiger partial charge on any atom is 0.343 e. The van der Waals surface area contributed by atoms with Crippen LogP contribution in [0.25, 0.3) is 0 Å². The molecule has 0 atom stereocenters. The Labute approximate surface area is 123 Å². The van der Waals surface area contributed by atoms with E-state index in [0.717, 1.165) is 16.1 Å². The molecule has 0 spiro atoms. The van der Waals surface area contributed by atoms with E-state index in [4.69, 9.17) is 4.74 Å². The van der Waals surface area contributed by atoms with Crippen LogP contribution in [-0.2, 0) is 18.4 Å². The Bertz CT molecular complexity index is 691. The minimum absolute atomic E-state index is 0.0378. The van der Waals surface area contributed by atoms with Gasteiger partial charge >= 0.3 is 5.97 Å². The van der Waals surface area contributed by atoms with E-state index < -0.39 is 11.5 Å². The molecule has 0 bridgehead atoms. The predicted octanol–water partition coefficient (Wildman–Crippen LogP) is 2.21. The minimum Gasteiger partial charge on any atom is -0.507 e. The van der Waals surface area contributed by atoms with Gasteiger partial charge in [0.15, 0.2) is 0 Å². The summed E-state index contributed by atoms with van der Waals surface area (Å²) >= 11 is 3.31. The maximum atomic E-state index is 11.9. The first-order chi connectivity index (χ1) is 9.47. The molecule has 20 heavy (non-hydrogen) atoms. The Kier molecular flexibility index (Phi) is 4.24. The maximum absolute atomic E-state index is 11.9. The number of carbonyl (C=O) groups excluding carboxylic acids is 1. The monoisotopic (exact) mass is 337 g/mol. The summed E-state index contributed by atoms with van der Waals surface area (Å²) in [5.74, 6) is -1.06. The summed E-state index contributed by atoms with van der Waals surface area (Å²) in [6.45, 7) is 0.0917. The first-order valence-corrected chi connectivity index (χ1v) is 6.58. The van der Waals surface area contributed by atoms with Gasteiger partial charge in [-0.1, -0.05) is 28.1 Å². The highest BCUT2D eigenvalue weighted by atomic mass is 79.9. The largest absolute Gasteiger partial charge is 0.507 e. The van der Waals surface area contributed by atoms with Gasteiger partial charge < -0.3 is 14.4 Å². The first-order valence-electron chi connectivity index (χ1n) is 5.78. The van der Waals surface area contributed by atoms with Gasteiger partial charge in [-0.05, 0) is 17.7 Å². The number of rotatable bonds is 3. The number of benzene rings is 1. The molecule has 0 fully saturated rings. The number of aryl methyl sites for hydroxylation is 1. The Morgan fingerprint density at radius 1 is 1.35 bits per heavy atom. The molecule has 2 rings (SSSR count). The standard InChI is InChI=1S/C14H12BrNO4/c1-16-7-11(12(17)6-13(16)18)14(19)20-8-9-2-4-10(15)5-3-9/h2-7,17H,8H2,1H3. The van der Waals surface area contributed by atoms with Gasteiger partial charge in [-0.25, -0.2) is 4.79 Å². The fourth-order valence-electron chi connectivity index (χ4n) is 1.58. The van der Waals surface area contributed by atoms with Crippen molar-refractivity contribution in [2.45, 2.75) is 6.61 Å². The molecule has 0 saturated carbocycles. The number of ether oxygens (including phenoxy) is 1. The molecule has 0 saturated heterocycles. The van der Waals surface area contributed by atoms with Crippen LogP contribution >= 0.6 is 15.9 Å². The average Bonchev–Trinajstić information content (AvgIpc) is 2.42. The Balaban J connectivity index is 2.11. The van der Waals surface area contributed by atoms with Crippen molar-refractivity contribution in [1.29, 1.82) is 0 Å². The number of hydrogen-bond donors (Lipinski definition) is 1. The van der Waals surface area contributed by atoms with Gasteiger partial charge in [0.05, 0.1) is 0 Å². The summed E-state index contributed by atoms with van der Waals surface area (Å²) in [7, 11) is 1.49. The van der Waals surface area contributed by atoms with Gasteiger partial charge in [0.2, 0.25) is 0 Å². The lowest BCUT2D eigenvalue weighted by atomic mass is 10.2. The Morgan fingerprint density at radius 3 is 2.65 bits per heavy atom. The third kappa shape index (κ3) is 3.27. The number of esters is 1. The highest BCUT2D eigenvalue weighted by molar-refractivity contribution is 9.10. The number of aromatic nitrogens is 1. The van der Waals surface area contributed by atoms with Crippen LogP contribution in [-0.4, -0.2) is 15.6 Å².